The van der Waals surface area contributed by atoms with Crippen LogP contribution in [-0.2, 0) is 7.05 Å². The third-order valence-electron chi connectivity index (χ3n) is 2.61. The second-order valence-electron chi connectivity index (χ2n) is 3.65. The third kappa shape index (κ3) is 2.02. The summed E-state index contributed by atoms with van der Waals surface area (Å²) in [5, 5.41) is 10.2. The van der Waals surface area contributed by atoms with Crippen LogP contribution in [0.1, 0.15) is 11.5 Å². The fourth-order valence-corrected chi connectivity index (χ4v) is 2.11. The van der Waals surface area contributed by atoms with Gasteiger partial charge >= 0.3 is 0 Å². The Labute approximate surface area is 109 Å². The van der Waals surface area contributed by atoms with Gasteiger partial charge < -0.3 is 4.57 Å². The highest BCUT2D eigenvalue weighted by Crippen LogP contribution is 2.31. The van der Waals surface area contributed by atoms with Crippen LogP contribution in [0.25, 0.3) is 11.3 Å². The zero-order valence-electron chi connectivity index (χ0n) is 9.33. The summed E-state index contributed by atoms with van der Waals surface area (Å²) in [7, 11) is 1.80. The summed E-state index contributed by atoms with van der Waals surface area (Å²) in [6, 6.07) is 7.28. The minimum Gasteiger partial charge on any atom is -0.323 e. The smallest absolute Gasteiger partial charge is 0.148 e. The van der Waals surface area contributed by atoms with E-state index >= 15 is 0 Å². The van der Waals surface area contributed by atoms with Crippen LogP contribution < -0.4 is 0 Å². The van der Waals surface area contributed by atoms with E-state index in [0.717, 1.165) is 11.4 Å². The van der Waals surface area contributed by atoms with Crippen LogP contribution in [0.4, 0.5) is 0 Å². The van der Waals surface area contributed by atoms with Crippen molar-refractivity contribution in [3.63, 3.8) is 0 Å². The predicted octanol–water partition coefficient (Wildman–Crippen LogP) is 3.57. The van der Waals surface area contributed by atoms with Crippen LogP contribution in [0.15, 0.2) is 18.2 Å². The number of rotatable bonds is 1. The van der Waals surface area contributed by atoms with Crippen LogP contribution in [0.3, 0.4) is 0 Å². The van der Waals surface area contributed by atoms with Crippen LogP contribution in [0, 0.1) is 18.3 Å². The molecule has 0 aliphatic rings. The first-order valence-corrected chi connectivity index (χ1v) is 5.69. The molecule has 17 heavy (non-hydrogen) atoms. The average molecular weight is 266 g/mol. The van der Waals surface area contributed by atoms with Gasteiger partial charge in [0.25, 0.3) is 0 Å². The van der Waals surface area contributed by atoms with Gasteiger partial charge in [-0.1, -0.05) is 23.2 Å². The second-order valence-corrected chi connectivity index (χ2v) is 4.49. The Morgan fingerprint density at radius 2 is 2.06 bits per heavy atom. The van der Waals surface area contributed by atoms with Crippen molar-refractivity contribution in [3.8, 4) is 17.3 Å². The van der Waals surface area contributed by atoms with E-state index in [4.69, 9.17) is 28.5 Å². The van der Waals surface area contributed by atoms with Crippen molar-refractivity contribution in [2.24, 2.45) is 7.05 Å². The van der Waals surface area contributed by atoms with E-state index in [1.807, 2.05) is 6.92 Å². The van der Waals surface area contributed by atoms with E-state index in [0.29, 0.717) is 21.4 Å². The molecule has 0 saturated heterocycles. The maximum Gasteiger partial charge on any atom is 0.148 e. The number of hydrogen-bond donors (Lipinski definition) is 0. The van der Waals surface area contributed by atoms with Gasteiger partial charge in [-0.25, -0.2) is 4.98 Å². The van der Waals surface area contributed by atoms with Gasteiger partial charge in [-0.2, -0.15) is 5.26 Å². The highest BCUT2D eigenvalue weighted by molar-refractivity contribution is 6.36. The predicted molar refractivity (Wildman–Crippen MR) is 68.1 cm³/mol. The molecule has 0 fully saturated rings. The summed E-state index contributed by atoms with van der Waals surface area (Å²) in [6.07, 6.45) is 0. The normalized spacial score (nSPS) is 10.3. The number of hydrogen-bond acceptors (Lipinski definition) is 2. The summed E-state index contributed by atoms with van der Waals surface area (Å²) in [5.74, 6) is 0.766. The molecular weight excluding hydrogens is 257 g/mol. The molecular formula is C12H9Cl2N3. The van der Waals surface area contributed by atoms with Crippen molar-refractivity contribution in [2.75, 3.05) is 0 Å². The van der Waals surface area contributed by atoms with Crippen molar-refractivity contribution < 1.29 is 0 Å². The molecule has 1 heterocycles. The molecule has 0 atom stereocenters. The molecule has 0 spiro atoms. The first-order valence-electron chi connectivity index (χ1n) is 4.93. The summed E-state index contributed by atoms with van der Waals surface area (Å²) < 4.78 is 1.74. The van der Waals surface area contributed by atoms with Crippen LogP contribution in [0.5, 0.6) is 0 Å². The van der Waals surface area contributed by atoms with Gasteiger partial charge in [0.1, 0.15) is 23.3 Å². The molecule has 1 aromatic heterocycles. The Kier molecular flexibility index (Phi) is 3.10. The molecule has 0 N–H and O–H groups in total. The topological polar surface area (TPSA) is 41.6 Å². The fraction of sp³-hybridized carbons (Fsp3) is 0.167. The Balaban J connectivity index is 2.69. The lowest BCUT2D eigenvalue weighted by Gasteiger charge is -2.02. The van der Waals surface area contributed by atoms with Gasteiger partial charge in [-0.3, -0.25) is 0 Å². The number of aryl methyl sites for hydroxylation is 1. The molecule has 0 aliphatic heterocycles. The van der Waals surface area contributed by atoms with Crippen molar-refractivity contribution in [1.82, 2.24) is 9.55 Å². The molecule has 5 heteroatoms. The monoisotopic (exact) mass is 265 g/mol. The number of aromatic nitrogens is 2. The van der Waals surface area contributed by atoms with Gasteiger partial charge in [0.15, 0.2) is 0 Å². The molecule has 0 radical (unpaired) electrons. The fourth-order valence-electron chi connectivity index (χ4n) is 1.61. The maximum absolute atomic E-state index is 9.14. The molecule has 0 aliphatic carbocycles. The Morgan fingerprint density at radius 1 is 1.35 bits per heavy atom. The number of imidazole rings is 1. The lowest BCUT2D eigenvalue weighted by molar-refractivity contribution is 0.845. The number of nitriles is 1. The minimum atomic E-state index is 0.492. The quantitative estimate of drug-likeness (QED) is 0.791. The molecule has 0 saturated carbocycles. The first-order chi connectivity index (χ1) is 8.04. The average Bonchev–Trinajstić information content (AvgIpc) is 2.55. The lowest BCUT2D eigenvalue weighted by Crippen LogP contribution is -1.94. The van der Waals surface area contributed by atoms with Crippen LogP contribution in [-0.4, -0.2) is 9.55 Å². The van der Waals surface area contributed by atoms with E-state index in [2.05, 4.69) is 11.1 Å². The molecule has 3 nitrogen and oxygen atoms in total. The van der Waals surface area contributed by atoms with Crippen LogP contribution >= 0.6 is 23.2 Å². The number of nitrogens with zero attached hydrogens (tertiary/aromatic N) is 3. The zero-order valence-corrected chi connectivity index (χ0v) is 10.8. The van der Waals surface area contributed by atoms with Crippen molar-refractivity contribution in [3.05, 3.63) is 39.8 Å². The molecule has 0 bridgehead atoms. The van der Waals surface area contributed by atoms with E-state index in [-0.39, 0.29) is 0 Å². The molecule has 2 aromatic rings. The first kappa shape index (κ1) is 12.0. The summed E-state index contributed by atoms with van der Waals surface area (Å²) in [6.45, 7) is 1.84. The van der Waals surface area contributed by atoms with Crippen molar-refractivity contribution >= 4 is 23.2 Å². The number of halogens is 2. The van der Waals surface area contributed by atoms with Gasteiger partial charge in [0.2, 0.25) is 0 Å². The van der Waals surface area contributed by atoms with E-state index in [1.165, 1.54) is 0 Å². The SMILES string of the molecule is Cc1nc(-c2ccc(Cl)cc2Cl)c(C#N)n1C. The Hall–Kier alpha value is -1.50. The highest BCUT2D eigenvalue weighted by Gasteiger charge is 2.16. The van der Waals surface area contributed by atoms with E-state index in [9.17, 15) is 0 Å². The highest BCUT2D eigenvalue weighted by atomic mass is 35.5. The molecule has 2 rings (SSSR count). The molecule has 0 unspecified atom stereocenters. The zero-order chi connectivity index (χ0) is 12.6. The number of benzene rings is 1. The third-order valence-corrected chi connectivity index (χ3v) is 3.16. The molecule has 0 amide bonds. The van der Waals surface area contributed by atoms with Gasteiger partial charge in [-0.15, -0.1) is 0 Å². The Morgan fingerprint density at radius 3 is 2.65 bits per heavy atom. The van der Waals surface area contributed by atoms with Crippen molar-refractivity contribution in [1.29, 1.82) is 5.26 Å². The standard InChI is InChI=1S/C12H9Cl2N3/c1-7-16-12(11(6-15)17(7)2)9-4-3-8(13)5-10(9)14/h3-5H,1-2H3. The van der Waals surface area contributed by atoms with Crippen molar-refractivity contribution in [2.45, 2.75) is 6.92 Å². The molecule has 1 aromatic carbocycles. The van der Waals surface area contributed by atoms with Gasteiger partial charge in [0, 0.05) is 17.6 Å². The Bertz CT molecular complexity index is 623. The minimum absolute atomic E-state index is 0.492. The van der Waals surface area contributed by atoms with Gasteiger partial charge in [-0.05, 0) is 25.1 Å². The van der Waals surface area contributed by atoms with Gasteiger partial charge in [0.05, 0.1) is 5.02 Å². The largest absolute Gasteiger partial charge is 0.323 e. The molecule has 86 valence electrons. The van der Waals surface area contributed by atoms with E-state index < -0.39 is 0 Å². The summed E-state index contributed by atoms with van der Waals surface area (Å²) in [5.41, 5.74) is 1.80. The van der Waals surface area contributed by atoms with Crippen LogP contribution in [0.2, 0.25) is 10.0 Å². The second kappa shape index (κ2) is 4.40. The summed E-state index contributed by atoms with van der Waals surface area (Å²) >= 11 is 12.0. The lowest BCUT2D eigenvalue weighted by atomic mass is 10.1. The van der Waals surface area contributed by atoms with E-state index in [1.54, 1.807) is 29.8 Å². The summed E-state index contributed by atoms with van der Waals surface area (Å²) in [4.78, 5) is 4.35. The maximum atomic E-state index is 9.14.